The summed E-state index contributed by atoms with van der Waals surface area (Å²) in [6, 6.07) is 7.94. The van der Waals surface area contributed by atoms with Gasteiger partial charge in [0.05, 0.1) is 0 Å². The highest BCUT2D eigenvalue weighted by atomic mass is 16.4. The molecule has 2 N–H and O–H groups in total. The molecule has 98 valence electrons. The number of hydrogen-bond acceptors (Lipinski definition) is 2. The van der Waals surface area contributed by atoms with Gasteiger partial charge >= 0.3 is 5.97 Å². The summed E-state index contributed by atoms with van der Waals surface area (Å²) in [4.78, 5) is 11.7. The molecule has 1 fully saturated rings. The topological polar surface area (TPSA) is 49.3 Å². The second kappa shape index (κ2) is 5.42. The molecule has 0 heterocycles. The maximum absolute atomic E-state index is 11.7. The molecule has 18 heavy (non-hydrogen) atoms. The highest BCUT2D eigenvalue weighted by Crippen LogP contribution is 2.31. The Labute approximate surface area is 108 Å². The van der Waals surface area contributed by atoms with E-state index in [1.807, 2.05) is 31.2 Å². The fourth-order valence-corrected chi connectivity index (χ4v) is 2.72. The highest BCUT2D eigenvalue weighted by molar-refractivity contribution is 5.82. The minimum Gasteiger partial charge on any atom is -0.480 e. The third-order valence-corrected chi connectivity index (χ3v) is 3.77. The van der Waals surface area contributed by atoms with E-state index in [9.17, 15) is 9.90 Å². The second-order valence-electron chi connectivity index (χ2n) is 5.30. The average molecular weight is 247 g/mol. The van der Waals surface area contributed by atoms with Gasteiger partial charge in [0.15, 0.2) is 0 Å². The Morgan fingerprint density at radius 1 is 1.22 bits per heavy atom. The SMILES string of the molecule is Cc1cccc(NC2(C(=O)O)CCCCCC2)c1. The monoisotopic (exact) mass is 247 g/mol. The first-order valence-electron chi connectivity index (χ1n) is 6.71. The summed E-state index contributed by atoms with van der Waals surface area (Å²) < 4.78 is 0. The summed E-state index contributed by atoms with van der Waals surface area (Å²) in [6.45, 7) is 2.02. The number of carbonyl (C=O) groups is 1. The first kappa shape index (κ1) is 12.9. The number of aliphatic carboxylic acids is 1. The molecule has 3 heteroatoms. The molecule has 0 aromatic heterocycles. The van der Waals surface area contributed by atoms with Crippen LogP contribution in [0, 0.1) is 6.92 Å². The van der Waals surface area contributed by atoms with Crippen molar-refractivity contribution in [2.45, 2.75) is 51.0 Å². The number of nitrogens with one attached hydrogen (secondary N) is 1. The number of hydrogen-bond donors (Lipinski definition) is 2. The lowest BCUT2D eigenvalue weighted by molar-refractivity contribution is -0.142. The van der Waals surface area contributed by atoms with E-state index in [1.165, 1.54) is 0 Å². The van der Waals surface area contributed by atoms with Crippen molar-refractivity contribution in [1.29, 1.82) is 0 Å². The van der Waals surface area contributed by atoms with Crippen molar-refractivity contribution in [3.63, 3.8) is 0 Å². The maximum Gasteiger partial charge on any atom is 0.329 e. The summed E-state index contributed by atoms with van der Waals surface area (Å²) in [5.41, 5.74) is 1.29. The molecule has 3 nitrogen and oxygen atoms in total. The minimum absolute atomic E-state index is 0.717. The van der Waals surface area contributed by atoms with Crippen LogP contribution in [0.4, 0.5) is 5.69 Å². The number of aryl methyl sites for hydroxylation is 1. The fraction of sp³-hybridized carbons (Fsp3) is 0.533. The fourth-order valence-electron chi connectivity index (χ4n) is 2.72. The van der Waals surface area contributed by atoms with Crippen LogP contribution in [0.2, 0.25) is 0 Å². The molecular formula is C15H21NO2. The van der Waals surface area contributed by atoms with Crippen molar-refractivity contribution in [2.75, 3.05) is 5.32 Å². The van der Waals surface area contributed by atoms with Gasteiger partial charge in [0.2, 0.25) is 0 Å². The molecule has 2 rings (SSSR count). The van der Waals surface area contributed by atoms with E-state index in [4.69, 9.17) is 0 Å². The first-order valence-corrected chi connectivity index (χ1v) is 6.71. The van der Waals surface area contributed by atoms with Crippen molar-refractivity contribution in [3.8, 4) is 0 Å². The Bertz CT molecular complexity index is 420. The van der Waals surface area contributed by atoms with Gasteiger partial charge in [-0.05, 0) is 37.5 Å². The van der Waals surface area contributed by atoms with Crippen molar-refractivity contribution in [1.82, 2.24) is 0 Å². The molecule has 0 spiro atoms. The van der Waals surface area contributed by atoms with E-state index in [0.717, 1.165) is 49.8 Å². The number of rotatable bonds is 3. The molecular weight excluding hydrogens is 226 g/mol. The predicted molar refractivity (Wildman–Crippen MR) is 72.9 cm³/mol. The average Bonchev–Trinajstić information content (AvgIpc) is 2.55. The lowest BCUT2D eigenvalue weighted by atomic mass is 9.90. The van der Waals surface area contributed by atoms with E-state index >= 15 is 0 Å². The number of benzene rings is 1. The van der Waals surface area contributed by atoms with E-state index < -0.39 is 11.5 Å². The van der Waals surface area contributed by atoms with Gasteiger partial charge in [-0.25, -0.2) is 4.79 Å². The molecule has 0 aliphatic heterocycles. The predicted octanol–water partition coefficient (Wildman–Crippen LogP) is 3.58. The van der Waals surface area contributed by atoms with E-state index in [0.29, 0.717) is 0 Å². The third-order valence-electron chi connectivity index (χ3n) is 3.77. The largest absolute Gasteiger partial charge is 0.480 e. The molecule has 1 aromatic rings. The Morgan fingerprint density at radius 2 is 1.89 bits per heavy atom. The van der Waals surface area contributed by atoms with Crippen LogP contribution in [0.3, 0.4) is 0 Å². The van der Waals surface area contributed by atoms with Crippen molar-refractivity contribution in [2.24, 2.45) is 0 Å². The van der Waals surface area contributed by atoms with E-state index in [-0.39, 0.29) is 0 Å². The Hall–Kier alpha value is -1.51. The van der Waals surface area contributed by atoms with Crippen LogP contribution in [0.1, 0.15) is 44.1 Å². The zero-order chi connectivity index (χ0) is 13.0. The smallest absolute Gasteiger partial charge is 0.329 e. The molecule has 0 radical (unpaired) electrons. The van der Waals surface area contributed by atoms with Gasteiger partial charge in [0.1, 0.15) is 5.54 Å². The standard InChI is InChI=1S/C15H21NO2/c1-12-7-6-8-13(11-12)16-15(14(17)18)9-4-2-3-5-10-15/h6-8,11,16H,2-5,9-10H2,1H3,(H,17,18). The lowest BCUT2D eigenvalue weighted by Crippen LogP contribution is -2.46. The summed E-state index contributed by atoms with van der Waals surface area (Å²) in [5, 5.41) is 12.9. The van der Waals surface area contributed by atoms with Gasteiger partial charge in [-0.1, -0.05) is 37.8 Å². The van der Waals surface area contributed by atoms with Crippen LogP contribution in [0.5, 0.6) is 0 Å². The third kappa shape index (κ3) is 2.84. The van der Waals surface area contributed by atoms with Crippen LogP contribution in [-0.4, -0.2) is 16.6 Å². The lowest BCUT2D eigenvalue weighted by Gasteiger charge is -2.30. The molecule has 0 amide bonds. The van der Waals surface area contributed by atoms with Crippen LogP contribution in [-0.2, 0) is 4.79 Å². The van der Waals surface area contributed by atoms with Crippen molar-refractivity contribution < 1.29 is 9.90 Å². The molecule has 0 saturated heterocycles. The molecule has 1 aromatic carbocycles. The van der Waals surface area contributed by atoms with Crippen LogP contribution >= 0.6 is 0 Å². The van der Waals surface area contributed by atoms with Gasteiger partial charge < -0.3 is 10.4 Å². The first-order chi connectivity index (χ1) is 8.62. The van der Waals surface area contributed by atoms with Crippen LogP contribution < -0.4 is 5.32 Å². The Kier molecular flexibility index (Phi) is 3.90. The Balaban J connectivity index is 2.22. The second-order valence-corrected chi connectivity index (χ2v) is 5.30. The Morgan fingerprint density at radius 3 is 2.44 bits per heavy atom. The van der Waals surface area contributed by atoms with Gasteiger partial charge in [0.25, 0.3) is 0 Å². The normalized spacial score (nSPS) is 18.9. The van der Waals surface area contributed by atoms with Gasteiger partial charge in [0, 0.05) is 5.69 Å². The minimum atomic E-state index is -0.774. The zero-order valence-corrected chi connectivity index (χ0v) is 10.9. The molecule has 0 bridgehead atoms. The van der Waals surface area contributed by atoms with E-state index in [2.05, 4.69) is 5.32 Å². The zero-order valence-electron chi connectivity index (χ0n) is 10.9. The van der Waals surface area contributed by atoms with Crippen molar-refractivity contribution >= 4 is 11.7 Å². The van der Waals surface area contributed by atoms with Crippen LogP contribution in [0.25, 0.3) is 0 Å². The quantitative estimate of drug-likeness (QED) is 0.802. The number of carboxylic acids is 1. The summed E-state index contributed by atoms with van der Waals surface area (Å²) in [6.07, 6.45) is 5.71. The summed E-state index contributed by atoms with van der Waals surface area (Å²) in [5.74, 6) is -0.717. The molecule has 0 atom stereocenters. The molecule has 1 saturated carbocycles. The summed E-state index contributed by atoms with van der Waals surface area (Å²) in [7, 11) is 0. The van der Waals surface area contributed by atoms with Crippen molar-refractivity contribution in [3.05, 3.63) is 29.8 Å². The summed E-state index contributed by atoms with van der Waals surface area (Å²) >= 11 is 0. The van der Waals surface area contributed by atoms with Gasteiger partial charge in [-0.2, -0.15) is 0 Å². The number of anilines is 1. The van der Waals surface area contributed by atoms with Gasteiger partial charge in [-0.15, -0.1) is 0 Å². The highest BCUT2D eigenvalue weighted by Gasteiger charge is 2.38. The maximum atomic E-state index is 11.7. The van der Waals surface area contributed by atoms with E-state index in [1.54, 1.807) is 0 Å². The molecule has 1 aliphatic rings. The number of carboxylic acid groups (broad SMARTS) is 1. The molecule has 1 aliphatic carbocycles. The van der Waals surface area contributed by atoms with Gasteiger partial charge in [-0.3, -0.25) is 0 Å². The van der Waals surface area contributed by atoms with Crippen LogP contribution in [0.15, 0.2) is 24.3 Å². The molecule has 0 unspecified atom stereocenters.